The molecule has 0 amide bonds. The third kappa shape index (κ3) is 3.26. The number of rotatable bonds is 3. The molecule has 112 valence electrons. The molecule has 2 aromatic heterocycles. The summed E-state index contributed by atoms with van der Waals surface area (Å²) < 4.78 is 1.78. The van der Waals surface area contributed by atoms with Crippen molar-refractivity contribution in [3.63, 3.8) is 0 Å². The summed E-state index contributed by atoms with van der Waals surface area (Å²) in [6, 6.07) is 1.82. The van der Waals surface area contributed by atoms with Crippen molar-refractivity contribution in [2.24, 2.45) is 13.0 Å². The van der Waals surface area contributed by atoms with Gasteiger partial charge in [-0.25, -0.2) is 9.97 Å². The van der Waals surface area contributed by atoms with Gasteiger partial charge in [0.15, 0.2) is 0 Å². The van der Waals surface area contributed by atoms with Gasteiger partial charge in [0.2, 0.25) is 0 Å². The van der Waals surface area contributed by atoms with E-state index in [1.165, 1.54) is 32.1 Å². The first-order valence-electron chi connectivity index (χ1n) is 7.69. The Morgan fingerprint density at radius 1 is 1.33 bits per heavy atom. The van der Waals surface area contributed by atoms with E-state index in [-0.39, 0.29) is 0 Å². The van der Waals surface area contributed by atoms with Gasteiger partial charge in [-0.2, -0.15) is 5.10 Å². The summed E-state index contributed by atoms with van der Waals surface area (Å²) in [4.78, 5) is 9.25. The van der Waals surface area contributed by atoms with Crippen LogP contribution in [-0.2, 0) is 7.05 Å². The zero-order valence-corrected chi connectivity index (χ0v) is 13.3. The smallest absolute Gasteiger partial charge is 0.133 e. The molecule has 5 heteroatoms. The second-order valence-electron chi connectivity index (χ2n) is 5.97. The highest BCUT2D eigenvalue weighted by Crippen LogP contribution is 2.37. The molecule has 0 aliphatic heterocycles. The number of aromatic nitrogens is 4. The second-order valence-corrected chi connectivity index (χ2v) is 6.36. The monoisotopic (exact) mass is 304 g/mol. The van der Waals surface area contributed by atoms with Crippen LogP contribution in [0.5, 0.6) is 0 Å². The SMILES string of the molecule is CCC1CCCC(c2nc(Cl)cc(-c3cnn(C)c3)n2)C1. The Labute approximate surface area is 130 Å². The summed E-state index contributed by atoms with van der Waals surface area (Å²) in [5.74, 6) is 2.14. The van der Waals surface area contributed by atoms with Crippen LogP contribution in [-0.4, -0.2) is 19.7 Å². The fourth-order valence-corrected chi connectivity index (χ4v) is 3.41. The Balaban J connectivity index is 1.90. The fraction of sp³-hybridized carbons (Fsp3) is 0.562. The zero-order valence-electron chi connectivity index (χ0n) is 12.6. The standard InChI is InChI=1S/C16H21ClN4/c1-3-11-5-4-6-12(7-11)16-19-14(8-15(17)20-16)13-9-18-21(2)10-13/h8-12H,3-7H2,1-2H3. The van der Waals surface area contributed by atoms with E-state index in [9.17, 15) is 0 Å². The van der Waals surface area contributed by atoms with E-state index in [0.717, 1.165) is 23.0 Å². The van der Waals surface area contributed by atoms with Gasteiger partial charge in [-0.05, 0) is 18.8 Å². The quantitative estimate of drug-likeness (QED) is 0.798. The Morgan fingerprint density at radius 2 is 2.19 bits per heavy atom. The molecule has 2 aromatic rings. The number of halogens is 1. The average Bonchev–Trinajstić information content (AvgIpc) is 2.93. The van der Waals surface area contributed by atoms with Crippen LogP contribution in [0.4, 0.5) is 0 Å². The molecule has 1 aliphatic rings. The van der Waals surface area contributed by atoms with Gasteiger partial charge in [0, 0.05) is 30.8 Å². The van der Waals surface area contributed by atoms with Gasteiger partial charge in [-0.15, -0.1) is 0 Å². The highest BCUT2D eigenvalue weighted by atomic mass is 35.5. The van der Waals surface area contributed by atoms with Crippen LogP contribution in [0.2, 0.25) is 5.15 Å². The van der Waals surface area contributed by atoms with Crippen molar-refractivity contribution in [1.82, 2.24) is 19.7 Å². The van der Waals surface area contributed by atoms with E-state index in [1.807, 2.05) is 25.5 Å². The van der Waals surface area contributed by atoms with E-state index >= 15 is 0 Å². The molecule has 1 saturated carbocycles. The summed E-state index contributed by atoms with van der Waals surface area (Å²) in [5, 5.41) is 4.73. The van der Waals surface area contributed by atoms with Crippen LogP contribution in [0.25, 0.3) is 11.3 Å². The van der Waals surface area contributed by atoms with Gasteiger partial charge in [0.25, 0.3) is 0 Å². The molecule has 0 saturated heterocycles. The van der Waals surface area contributed by atoms with E-state index < -0.39 is 0 Å². The van der Waals surface area contributed by atoms with Gasteiger partial charge in [0.1, 0.15) is 11.0 Å². The number of nitrogens with zero attached hydrogens (tertiary/aromatic N) is 4. The molecule has 1 fully saturated rings. The highest BCUT2D eigenvalue weighted by molar-refractivity contribution is 6.29. The maximum absolute atomic E-state index is 6.22. The molecule has 0 aromatic carbocycles. The molecule has 0 spiro atoms. The summed E-state index contributed by atoms with van der Waals surface area (Å²) in [7, 11) is 1.90. The van der Waals surface area contributed by atoms with Crippen LogP contribution >= 0.6 is 11.6 Å². The Hall–Kier alpha value is -1.42. The lowest BCUT2D eigenvalue weighted by atomic mass is 9.80. The number of hydrogen-bond acceptors (Lipinski definition) is 3. The Bertz CT molecular complexity index is 622. The van der Waals surface area contributed by atoms with E-state index in [1.54, 1.807) is 4.68 Å². The minimum absolute atomic E-state index is 0.442. The van der Waals surface area contributed by atoms with Crippen molar-refractivity contribution in [3.05, 3.63) is 29.4 Å². The molecule has 21 heavy (non-hydrogen) atoms. The maximum atomic E-state index is 6.22. The molecule has 2 heterocycles. The maximum Gasteiger partial charge on any atom is 0.133 e. The minimum Gasteiger partial charge on any atom is -0.275 e. The first-order valence-corrected chi connectivity index (χ1v) is 8.07. The molecule has 1 aliphatic carbocycles. The van der Waals surface area contributed by atoms with Crippen molar-refractivity contribution in [3.8, 4) is 11.3 Å². The van der Waals surface area contributed by atoms with Crippen molar-refractivity contribution in [1.29, 1.82) is 0 Å². The van der Waals surface area contributed by atoms with Gasteiger partial charge in [-0.3, -0.25) is 4.68 Å². The Morgan fingerprint density at radius 3 is 2.90 bits per heavy atom. The van der Waals surface area contributed by atoms with Gasteiger partial charge in [0.05, 0.1) is 11.9 Å². The van der Waals surface area contributed by atoms with Gasteiger partial charge < -0.3 is 0 Å². The summed E-state index contributed by atoms with van der Waals surface area (Å²) in [5.41, 5.74) is 1.86. The second kappa shape index (κ2) is 6.14. The van der Waals surface area contributed by atoms with E-state index in [0.29, 0.717) is 11.1 Å². The lowest BCUT2D eigenvalue weighted by molar-refractivity contribution is 0.307. The zero-order chi connectivity index (χ0) is 14.8. The fourth-order valence-electron chi connectivity index (χ4n) is 3.22. The van der Waals surface area contributed by atoms with Crippen LogP contribution in [0.3, 0.4) is 0 Å². The average molecular weight is 305 g/mol. The first kappa shape index (κ1) is 14.5. The predicted molar refractivity (Wildman–Crippen MR) is 84.2 cm³/mol. The van der Waals surface area contributed by atoms with Crippen LogP contribution in [0, 0.1) is 5.92 Å². The van der Waals surface area contributed by atoms with Crippen molar-refractivity contribution >= 4 is 11.6 Å². The van der Waals surface area contributed by atoms with Crippen LogP contribution in [0.15, 0.2) is 18.5 Å². The topological polar surface area (TPSA) is 43.6 Å². The molecule has 3 rings (SSSR count). The normalized spacial score (nSPS) is 22.4. The molecular weight excluding hydrogens is 284 g/mol. The van der Waals surface area contributed by atoms with Crippen molar-refractivity contribution in [2.45, 2.75) is 44.9 Å². The number of hydrogen-bond donors (Lipinski definition) is 0. The number of aryl methyl sites for hydroxylation is 1. The van der Waals surface area contributed by atoms with Crippen molar-refractivity contribution < 1.29 is 0 Å². The van der Waals surface area contributed by atoms with Crippen molar-refractivity contribution in [2.75, 3.05) is 0 Å². The van der Waals surface area contributed by atoms with Gasteiger partial charge >= 0.3 is 0 Å². The summed E-state index contributed by atoms with van der Waals surface area (Å²) in [6.45, 7) is 2.27. The molecule has 0 bridgehead atoms. The lowest BCUT2D eigenvalue weighted by Gasteiger charge is -2.27. The summed E-state index contributed by atoms with van der Waals surface area (Å²) >= 11 is 6.22. The Kier molecular flexibility index (Phi) is 4.24. The molecule has 4 nitrogen and oxygen atoms in total. The molecule has 2 unspecified atom stereocenters. The molecule has 2 atom stereocenters. The molecule has 0 radical (unpaired) electrons. The van der Waals surface area contributed by atoms with E-state index in [4.69, 9.17) is 16.6 Å². The minimum atomic E-state index is 0.442. The summed E-state index contributed by atoms with van der Waals surface area (Å²) in [6.07, 6.45) is 9.97. The third-order valence-corrected chi connectivity index (χ3v) is 4.63. The predicted octanol–water partition coefficient (Wildman–Crippen LogP) is 4.21. The lowest BCUT2D eigenvalue weighted by Crippen LogP contribution is -2.16. The molecular formula is C16H21ClN4. The molecule has 0 N–H and O–H groups in total. The largest absolute Gasteiger partial charge is 0.275 e. The van der Waals surface area contributed by atoms with E-state index in [2.05, 4.69) is 17.0 Å². The van der Waals surface area contributed by atoms with Crippen LogP contribution in [0.1, 0.15) is 50.8 Å². The first-order chi connectivity index (χ1) is 10.2. The highest BCUT2D eigenvalue weighted by Gasteiger charge is 2.25. The third-order valence-electron chi connectivity index (χ3n) is 4.44. The van der Waals surface area contributed by atoms with Gasteiger partial charge in [-0.1, -0.05) is 37.8 Å². The van der Waals surface area contributed by atoms with Crippen LogP contribution < -0.4 is 0 Å².